The lowest BCUT2D eigenvalue weighted by molar-refractivity contribution is -0.142. The maximum atomic E-state index is 13.7. The Morgan fingerprint density at radius 2 is 1.81 bits per heavy atom. The van der Waals surface area contributed by atoms with Gasteiger partial charge in [-0.2, -0.15) is 4.98 Å². The van der Waals surface area contributed by atoms with Crippen LogP contribution in [0.1, 0.15) is 55.6 Å². The predicted octanol–water partition coefficient (Wildman–Crippen LogP) is 3.47. The van der Waals surface area contributed by atoms with Gasteiger partial charge in [0.2, 0.25) is 17.5 Å². The van der Waals surface area contributed by atoms with Crippen molar-refractivity contribution in [1.29, 1.82) is 0 Å². The van der Waals surface area contributed by atoms with E-state index in [-0.39, 0.29) is 48.3 Å². The highest BCUT2D eigenvalue weighted by Crippen LogP contribution is 2.36. The molecule has 2 aromatic rings. The summed E-state index contributed by atoms with van der Waals surface area (Å²) in [5.41, 5.74) is 5.85. The predicted molar refractivity (Wildman–Crippen MR) is 130 cm³/mol. The topological polar surface area (TPSA) is 138 Å². The van der Waals surface area contributed by atoms with Crippen LogP contribution in [0.15, 0.2) is 34.9 Å². The van der Waals surface area contributed by atoms with Crippen LogP contribution in [0.3, 0.4) is 0 Å². The van der Waals surface area contributed by atoms with Crippen molar-refractivity contribution in [2.75, 3.05) is 32.9 Å². The van der Waals surface area contributed by atoms with Crippen molar-refractivity contribution < 1.29 is 28.4 Å². The fourth-order valence-corrected chi connectivity index (χ4v) is 5.22. The van der Waals surface area contributed by atoms with Crippen LogP contribution in [0, 0.1) is 17.8 Å². The van der Waals surface area contributed by atoms with Gasteiger partial charge in [0.15, 0.2) is 0 Å². The van der Waals surface area contributed by atoms with Crippen LogP contribution in [-0.2, 0) is 14.3 Å². The smallest absolute Gasteiger partial charge is 0.404 e. The van der Waals surface area contributed by atoms with E-state index in [9.17, 15) is 14.4 Å². The van der Waals surface area contributed by atoms with E-state index in [1.807, 2.05) is 35.2 Å². The average Bonchev–Trinajstić information content (AvgIpc) is 3.42. The number of carbonyl (C=O) groups excluding carboxylic acids is 3. The quantitative estimate of drug-likeness (QED) is 0.492. The lowest BCUT2D eigenvalue weighted by Gasteiger charge is -2.36. The molecule has 0 bridgehead atoms. The Balaban J connectivity index is 1.56. The van der Waals surface area contributed by atoms with E-state index in [0.717, 1.165) is 32.1 Å². The summed E-state index contributed by atoms with van der Waals surface area (Å²) in [6.45, 7) is 2.11. The molecule has 2 amide bonds. The number of Topliss-reactive ketones (excluding diaryl/α,β-unsaturated/α-hetero) is 1. The van der Waals surface area contributed by atoms with Gasteiger partial charge in [0.05, 0.1) is 19.8 Å². The van der Waals surface area contributed by atoms with Gasteiger partial charge < -0.3 is 24.6 Å². The number of rotatable bonds is 10. The van der Waals surface area contributed by atoms with Crippen LogP contribution >= 0.6 is 0 Å². The minimum absolute atomic E-state index is 0.0295. The fraction of sp³-hybridized carbons (Fsp3) is 0.577. The Kier molecular flexibility index (Phi) is 9.05. The minimum Gasteiger partial charge on any atom is -0.450 e. The van der Waals surface area contributed by atoms with E-state index in [2.05, 4.69) is 10.1 Å². The molecule has 2 atom stereocenters. The molecule has 1 saturated carbocycles. The SMILES string of the molecule is NC(=O)OCCC(CC(C(=O)N1CCOCC1)C1CCCCC1)C(=O)c1noc(-c2ccccc2)n1. The van der Waals surface area contributed by atoms with Gasteiger partial charge in [-0.05, 0) is 43.7 Å². The number of hydrogen-bond donors (Lipinski definition) is 1. The molecule has 2 N–H and O–H groups in total. The van der Waals surface area contributed by atoms with E-state index >= 15 is 0 Å². The lowest BCUT2D eigenvalue weighted by atomic mass is 9.74. The molecular formula is C26H34N4O6. The Hall–Kier alpha value is -3.27. The zero-order valence-corrected chi connectivity index (χ0v) is 20.5. The highest BCUT2D eigenvalue weighted by Gasteiger charge is 2.37. The van der Waals surface area contributed by atoms with Crippen LogP contribution in [0.2, 0.25) is 0 Å². The molecule has 1 aromatic heterocycles. The van der Waals surface area contributed by atoms with E-state index in [1.54, 1.807) is 0 Å². The molecule has 4 rings (SSSR count). The Labute approximate surface area is 210 Å². The third-order valence-electron chi connectivity index (χ3n) is 7.15. The maximum Gasteiger partial charge on any atom is 0.404 e. The summed E-state index contributed by atoms with van der Waals surface area (Å²) in [4.78, 5) is 44.6. The molecule has 2 unspecified atom stereocenters. The van der Waals surface area contributed by atoms with Crippen molar-refractivity contribution in [2.24, 2.45) is 23.5 Å². The van der Waals surface area contributed by atoms with E-state index in [4.69, 9.17) is 19.7 Å². The molecule has 1 aromatic carbocycles. The van der Waals surface area contributed by atoms with Crippen molar-refractivity contribution in [3.8, 4) is 11.5 Å². The molecule has 0 radical (unpaired) electrons. The lowest BCUT2D eigenvalue weighted by Crippen LogP contribution is -2.46. The van der Waals surface area contributed by atoms with Crippen molar-refractivity contribution in [3.63, 3.8) is 0 Å². The van der Waals surface area contributed by atoms with Crippen LogP contribution in [0.4, 0.5) is 4.79 Å². The second kappa shape index (κ2) is 12.6. The van der Waals surface area contributed by atoms with Crippen molar-refractivity contribution >= 4 is 17.8 Å². The molecule has 1 aliphatic heterocycles. The molecule has 1 saturated heterocycles. The van der Waals surface area contributed by atoms with Gasteiger partial charge >= 0.3 is 6.09 Å². The molecular weight excluding hydrogens is 464 g/mol. The number of carbonyl (C=O) groups is 3. The van der Waals surface area contributed by atoms with E-state index < -0.39 is 12.0 Å². The van der Waals surface area contributed by atoms with Gasteiger partial charge in [-0.15, -0.1) is 0 Å². The summed E-state index contributed by atoms with van der Waals surface area (Å²) < 4.78 is 15.7. The number of nitrogens with zero attached hydrogens (tertiary/aromatic N) is 3. The minimum atomic E-state index is -0.902. The second-order valence-electron chi connectivity index (χ2n) is 9.48. The average molecular weight is 499 g/mol. The van der Waals surface area contributed by atoms with Gasteiger partial charge in [-0.1, -0.05) is 42.6 Å². The number of nitrogens with two attached hydrogens (primary N) is 1. The van der Waals surface area contributed by atoms with Crippen LogP contribution in [0.25, 0.3) is 11.5 Å². The van der Waals surface area contributed by atoms with Crippen molar-refractivity contribution in [3.05, 3.63) is 36.2 Å². The first-order chi connectivity index (χ1) is 17.5. The van der Waals surface area contributed by atoms with Gasteiger partial charge in [-0.25, -0.2) is 4.79 Å². The first kappa shape index (κ1) is 25.8. The first-order valence-electron chi connectivity index (χ1n) is 12.7. The normalized spacial score (nSPS) is 18.4. The highest BCUT2D eigenvalue weighted by molar-refractivity contribution is 5.95. The van der Waals surface area contributed by atoms with Crippen LogP contribution < -0.4 is 5.73 Å². The van der Waals surface area contributed by atoms with E-state index in [1.165, 1.54) is 0 Å². The third-order valence-corrected chi connectivity index (χ3v) is 7.15. The van der Waals surface area contributed by atoms with E-state index in [0.29, 0.717) is 38.3 Å². The summed E-state index contributed by atoms with van der Waals surface area (Å²) in [7, 11) is 0. The molecule has 10 heteroatoms. The Morgan fingerprint density at radius 1 is 1.08 bits per heavy atom. The number of aromatic nitrogens is 2. The van der Waals surface area contributed by atoms with Gasteiger partial charge in [-0.3, -0.25) is 9.59 Å². The summed E-state index contributed by atoms with van der Waals surface area (Å²) in [5, 5.41) is 3.93. The summed E-state index contributed by atoms with van der Waals surface area (Å²) in [6, 6.07) is 9.20. The maximum absolute atomic E-state index is 13.7. The standard InChI is InChI=1S/C26H34N4O6/c27-26(33)35-14-11-20(22(31)23-28-24(36-29-23)19-9-5-2-6-10-19)17-21(18-7-3-1-4-8-18)25(32)30-12-15-34-16-13-30/h2,5-6,9-10,18,20-21H,1,3-4,7-8,11-17H2,(H2,27,33). The molecule has 2 fully saturated rings. The number of hydrogen-bond acceptors (Lipinski definition) is 8. The van der Waals surface area contributed by atoms with Gasteiger partial charge in [0.1, 0.15) is 0 Å². The molecule has 36 heavy (non-hydrogen) atoms. The number of amides is 2. The third kappa shape index (κ3) is 6.69. The monoisotopic (exact) mass is 498 g/mol. The second-order valence-corrected chi connectivity index (χ2v) is 9.48. The summed E-state index contributed by atoms with van der Waals surface area (Å²) in [6.07, 6.45) is 4.88. The Morgan fingerprint density at radius 3 is 2.50 bits per heavy atom. The highest BCUT2D eigenvalue weighted by atomic mass is 16.5. The van der Waals surface area contributed by atoms with Crippen molar-refractivity contribution in [2.45, 2.75) is 44.9 Å². The molecule has 10 nitrogen and oxygen atoms in total. The summed E-state index contributed by atoms with van der Waals surface area (Å²) in [5.74, 6) is -0.791. The Bertz CT molecular complexity index is 1010. The van der Waals surface area contributed by atoms with Crippen LogP contribution in [0.5, 0.6) is 0 Å². The first-order valence-corrected chi connectivity index (χ1v) is 12.7. The van der Waals surface area contributed by atoms with Crippen LogP contribution in [-0.4, -0.2) is 65.7 Å². The number of ether oxygens (including phenoxy) is 2. The zero-order valence-electron chi connectivity index (χ0n) is 20.5. The molecule has 2 aliphatic rings. The molecule has 194 valence electrons. The number of primary amides is 1. The zero-order chi connectivity index (χ0) is 25.3. The number of morpholine rings is 1. The number of ketones is 1. The fourth-order valence-electron chi connectivity index (χ4n) is 5.22. The van der Waals surface area contributed by atoms with Gasteiger partial charge in [0, 0.05) is 30.5 Å². The van der Waals surface area contributed by atoms with Gasteiger partial charge in [0.25, 0.3) is 5.89 Å². The molecule has 0 spiro atoms. The number of benzene rings is 1. The molecule has 1 aliphatic carbocycles. The van der Waals surface area contributed by atoms with Crippen molar-refractivity contribution in [1.82, 2.24) is 15.0 Å². The summed E-state index contributed by atoms with van der Waals surface area (Å²) >= 11 is 0. The molecule has 2 heterocycles. The largest absolute Gasteiger partial charge is 0.450 e.